The molecule has 0 bridgehead atoms. The first kappa shape index (κ1) is 16.0. The minimum Gasteiger partial charge on any atom is -0.267 e. The van der Waals surface area contributed by atoms with Gasteiger partial charge in [0, 0.05) is 0 Å². The average molecular weight is 349 g/mol. The second-order valence-electron chi connectivity index (χ2n) is 5.98. The van der Waals surface area contributed by atoms with Crippen molar-refractivity contribution in [3.63, 3.8) is 0 Å². The lowest BCUT2D eigenvalue weighted by atomic mass is 10.2. The number of fused-ring (bicyclic) bond motifs is 1. The Morgan fingerprint density at radius 1 is 1.08 bits per heavy atom. The maximum Gasteiger partial charge on any atom is 0.273 e. The summed E-state index contributed by atoms with van der Waals surface area (Å²) >= 11 is 0. The summed E-state index contributed by atoms with van der Waals surface area (Å²) < 4.78 is 16.4. The van der Waals surface area contributed by atoms with Crippen LogP contribution in [0.3, 0.4) is 0 Å². The largest absolute Gasteiger partial charge is 0.273 e. The van der Waals surface area contributed by atoms with Gasteiger partial charge in [0.15, 0.2) is 0 Å². The molecule has 1 amide bonds. The van der Waals surface area contributed by atoms with E-state index in [0.29, 0.717) is 22.6 Å². The summed E-state index contributed by atoms with van der Waals surface area (Å²) in [7, 11) is 0. The quantitative estimate of drug-likeness (QED) is 0.617. The van der Waals surface area contributed by atoms with Gasteiger partial charge in [-0.2, -0.15) is 5.10 Å². The lowest BCUT2D eigenvalue weighted by Gasteiger charge is -2.08. The number of carbonyl (C=O) groups excluding carboxylic acids is 1. The molecule has 2 heterocycles. The van der Waals surface area contributed by atoms with Crippen LogP contribution in [0.1, 0.15) is 21.7 Å². The summed E-state index contributed by atoms with van der Waals surface area (Å²) in [6, 6.07) is 13.5. The predicted molar refractivity (Wildman–Crippen MR) is 96.4 cm³/mol. The molecule has 4 rings (SSSR count). The number of hydrogen-bond acceptors (Lipinski definition) is 3. The Labute approximate surface area is 148 Å². The van der Waals surface area contributed by atoms with Gasteiger partial charge in [-0.05, 0) is 50.2 Å². The van der Waals surface area contributed by atoms with E-state index in [-0.39, 0.29) is 11.7 Å². The number of halogens is 1. The SMILES string of the molecule is Cc1nn(-c2ccc(F)cc2)c(C)c1C(=O)Nn1cnc2ccccc21. The van der Waals surface area contributed by atoms with Crippen LogP contribution < -0.4 is 5.43 Å². The van der Waals surface area contributed by atoms with E-state index in [4.69, 9.17) is 0 Å². The van der Waals surface area contributed by atoms with Gasteiger partial charge in [-0.3, -0.25) is 10.2 Å². The van der Waals surface area contributed by atoms with Crippen molar-refractivity contribution in [3.05, 3.63) is 77.6 Å². The number of hydrogen-bond donors (Lipinski definition) is 1. The number of nitrogens with zero attached hydrogens (tertiary/aromatic N) is 4. The smallest absolute Gasteiger partial charge is 0.267 e. The fraction of sp³-hybridized carbons (Fsp3) is 0.105. The van der Waals surface area contributed by atoms with Crippen molar-refractivity contribution >= 4 is 16.9 Å². The molecule has 0 aliphatic heterocycles. The van der Waals surface area contributed by atoms with Crippen LogP contribution in [-0.4, -0.2) is 25.3 Å². The van der Waals surface area contributed by atoms with Gasteiger partial charge in [0.25, 0.3) is 5.91 Å². The Balaban J connectivity index is 1.69. The summed E-state index contributed by atoms with van der Waals surface area (Å²) in [5, 5.41) is 4.43. The number of aryl methyl sites for hydroxylation is 1. The van der Waals surface area contributed by atoms with Crippen molar-refractivity contribution in [1.29, 1.82) is 0 Å². The van der Waals surface area contributed by atoms with E-state index in [1.165, 1.54) is 12.1 Å². The first-order chi connectivity index (χ1) is 12.5. The maximum atomic E-state index is 13.2. The van der Waals surface area contributed by atoms with E-state index in [2.05, 4.69) is 15.5 Å². The zero-order chi connectivity index (χ0) is 18.3. The molecule has 6 nitrogen and oxygen atoms in total. The monoisotopic (exact) mass is 349 g/mol. The third kappa shape index (κ3) is 2.63. The Hall–Kier alpha value is -3.48. The van der Waals surface area contributed by atoms with Crippen molar-refractivity contribution in [2.75, 3.05) is 5.43 Å². The van der Waals surface area contributed by atoms with Crippen molar-refractivity contribution < 1.29 is 9.18 Å². The molecule has 26 heavy (non-hydrogen) atoms. The number of benzene rings is 2. The molecule has 0 radical (unpaired) electrons. The van der Waals surface area contributed by atoms with E-state index in [9.17, 15) is 9.18 Å². The van der Waals surface area contributed by atoms with E-state index < -0.39 is 0 Å². The molecule has 4 aromatic rings. The van der Waals surface area contributed by atoms with Gasteiger partial charge >= 0.3 is 0 Å². The molecule has 2 aromatic heterocycles. The van der Waals surface area contributed by atoms with Gasteiger partial charge in [0.2, 0.25) is 0 Å². The number of aromatic nitrogens is 4. The highest BCUT2D eigenvalue weighted by Crippen LogP contribution is 2.19. The van der Waals surface area contributed by atoms with Crippen LogP contribution in [0.5, 0.6) is 0 Å². The molecule has 2 aromatic carbocycles. The van der Waals surface area contributed by atoms with E-state index >= 15 is 0 Å². The number of amides is 1. The van der Waals surface area contributed by atoms with Crippen molar-refractivity contribution in [3.8, 4) is 5.69 Å². The summed E-state index contributed by atoms with van der Waals surface area (Å²) in [6.07, 6.45) is 1.57. The van der Waals surface area contributed by atoms with Crippen LogP contribution >= 0.6 is 0 Å². The van der Waals surface area contributed by atoms with Gasteiger partial charge in [-0.25, -0.2) is 18.7 Å². The standard InChI is InChI=1S/C19H16FN5O/c1-12-18(13(2)25(22-12)15-9-7-14(20)8-10-15)19(26)23-24-11-21-16-5-3-4-6-17(16)24/h3-11H,1-2H3,(H,23,26). The third-order valence-electron chi connectivity index (χ3n) is 4.27. The molecule has 0 fully saturated rings. The normalized spacial score (nSPS) is 11.0. The van der Waals surface area contributed by atoms with Crippen LogP contribution in [0.2, 0.25) is 0 Å². The third-order valence-corrected chi connectivity index (χ3v) is 4.27. The molecule has 0 atom stereocenters. The molecule has 1 N–H and O–H groups in total. The average Bonchev–Trinajstić information content (AvgIpc) is 3.16. The Kier molecular flexibility index (Phi) is 3.76. The molecule has 130 valence electrons. The summed E-state index contributed by atoms with van der Waals surface area (Å²) in [4.78, 5) is 17.1. The second kappa shape index (κ2) is 6.11. The minimum atomic E-state index is -0.319. The fourth-order valence-electron chi connectivity index (χ4n) is 3.02. The molecule has 0 aliphatic rings. The van der Waals surface area contributed by atoms with E-state index in [1.54, 1.807) is 34.7 Å². The molecular formula is C19H16FN5O. The molecular weight excluding hydrogens is 333 g/mol. The zero-order valence-electron chi connectivity index (χ0n) is 14.3. The Bertz CT molecular complexity index is 1110. The van der Waals surface area contributed by atoms with Crippen molar-refractivity contribution in [1.82, 2.24) is 19.4 Å². The number of rotatable bonds is 3. The Morgan fingerprint density at radius 3 is 2.58 bits per heavy atom. The molecule has 7 heteroatoms. The van der Waals surface area contributed by atoms with Gasteiger partial charge in [-0.15, -0.1) is 0 Å². The summed E-state index contributed by atoms with van der Waals surface area (Å²) in [5.74, 6) is -0.600. The van der Waals surface area contributed by atoms with Crippen molar-refractivity contribution in [2.24, 2.45) is 0 Å². The number of carbonyl (C=O) groups is 1. The van der Waals surface area contributed by atoms with Crippen LogP contribution in [0.25, 0.3) is 16.7 Å². The molecule has 0 saturated heterocycles. The van der Waals surface area contributed by atoms with Gasteiger partial charge < -0.3 is 0 Å². The van der Waals surface area contributed by atoms with E-state index in [1.807, 2.05) is 31.2 Å². The van der Waals surface area contributed by atoms with Gasteiger partial charge in [0.05, 0.1) is 33.7 Å². The van der Waals surface area contributed by atoms with Crippen molar-refractivity contribution in [2.45, 2.75) is 13.8 Å². The summed E-state index contributed by atoms with van der Waals surface area (Å²) in [6.45, 7) is 3.58. The molecule has 0 spiro atoms. The van der Waals surface area contributed by atoms with Gasteiger partial charge in [0.1, 0.15) is 12.1 Å². The maximum absolute atomic E-state index is 13.2. The predicted octanol–water partition coefficient (Wildman–Crippen LogP) is 3.36. The number of imidazole rings is 1. The molecule has 0 saturated carbocycles. The first-order valence-corrected chi connectivity index (χ1v) is 8.10. The lowest BCUT2D eigenvalue weighted by molar-refractivity contribution is 0.101. The van der Waals surface area contributed by atoms with Crippen LogP contribution in [0.4, 0.5) is 4.39 Å². The first-order valence-electron chi connectivity index (χ1n) is 8.10. The highest BCUT2D eigenvalue weighted by Gasteiger charge is 2.20. The second-order valence-corrected chi connectivity index (χ2v) is 5.98. The van der Waals surface area contributed by atoms with E-state index in [0.717, 1.165) is 11.0 Å². The highest BCUT2D eigenvalue weighted by molar-refractivity contribution is 6.02. The van der Waals surface area contributed by atoms with Gasteiger partial charge in [-0.1, -0.05) is 12.1 Å². The molecule has 0 unspecified atom stereocenters. The Morgan fingerprint density at radius 2 is 1.81 bits per heavy atom. The van der Waals surface area contributed by atoms with Crippen LogP contribution in [0.15, 0.2) is 54.9 Å². The fourth-order valence-corrected chi connectivity index (χ4v) is 3.02. The minimum absolute atomic E-state index is 0.281. The zero-order valence-corrected chi connectivity index (χ0v) is 14.3. The number of para-hydroxylation sites is 2. The van der Waals surface area contributed by atoms with Crippen LogP contribution in [0, 0.1) is 19.7 Å². The number of nitrogens with one attached hydrogen (secondary N) is 1. The highest BCUT2D eigenvalue weighted by atomic mass is 19.1. The van der Waals surface area contributed by atoms with Crippen LogP contribution in [-0.2, 0) is 0 Å². The molecule has 0 aliphatic carbocycles. The lowest BCUT2D eigenvalue weighted by Crippen LogP contribution is -2.23. The topological polar surface area (TPSA) is 64.7 Å². The summed E-state index contributed by atoms with van der Waals surface area (Å²) in [5.41, 5.74) is 6.88.